The Morgan fingerprint density at radius 1 is 0.536 bits per heavy atom. The molecule has 3 fully saturated rings. The van der Waals surface area contributed by atoms with Crippen molar-refractivity contribution in [2.45, 2.75) is 89.9 Å². The predicted molar refractivity (Wildman–Crippen MR) is 122 cm³/mol. The van der Waals surface area contributed by atoms with E-state index in [9.17, 15) is 0 Å². The maximum absolute atomic E-state index is 2.76. The molecule has 0 unspecified atom stereocenters. The molecule has 3 aliphatic heterocycles. The minimum absolute atomic E-state index is 1.03. The van der Waals surface area contributed by atoms with Crippen LogP contribution in [0, 0.1) is 11.8 Å². The summed E-state index contributed by atoms with van der Waals surface area (Å²) in [4.78, 5) is 7.96. The van der Waals surface area contributed by atoms with Gasteiger partial charge in [-0.1, -0.05) is 38.5 Å². The number of rotatable bonds is 11. The Morgan fingerprint density at radius 2 is 1.04 bits per heavy atom. The Kier molecular flexibility index (Phi) is 10.7. The van der Waals surface area contributed by atoms with Crippen LogP contribution in [-0.4, -0.2) is 74.1 Å². The minimum Gasteiger partial charge on any atom is -0.306 e. The normalized spacial score (nSPS) is 24.8. The molecule has 28 heavy (non-hydrogen) atoms. The molecular weight excluding hydrogens is 342 g/mol. The van der Waals surface area contributed by atoms with Crippen LogP contribution in [0.25, 0.3) is 0 Å². The summed E-state index contributed by atoms with van der Waals surface area (Å²) in [5.41, 5.74) is 0. The zero-order valence-corrected chi connectivity index (χ0v) is 19.1. The number of nitrogens with zero attached hydrogens (tertiary/aromatic N) is 3. The summed E-state index contributed by atoms with van der Waals surface area (Å²) < 4.78 is 0. The highest BCUT2D eigenvalue weighted by Crippen LogP contribution is 2.27. The maximum Gasteiger partial charge on any atom is -0.00161 e. The highest BCUT2D eigenvalue weighted by atomic mass is 15.1. The standard InChI is InChI=1S/C25H49N3/c1-26-20-12-24(13-21-26)10-9-11-25-14-22-28(23-15-25)19-6-3-2-5-16-27-17-7-4-8-18-27/h24-25H,2-23H2,1H3. The average Bonchev–Trinajstić information content (AvgIpc) is 2.74. The van der Waals surface area contributed by atoms with Crippen molar-refractivity contribution in [1.29, 1.82) is 0 Å². The summed E-state index contributed by atoms with van der Waals surface area (Å²) in [6.45, 7) is 10.9. The number of hydrogen-bond donors (Lipinski definition) is 0. The molecule has 164 valence electrons. The smallest absolute Gasteiger partial charge is 0.00161 e. The van der Waals surface area contributed by atoms with Crippen molar-refractivity contribution in [3.8, 4) is 0 Å². The summed E-state index contributed by atoms with van der Waals surface area (Å²) in [7, 11) is 2.28. The van der Waals surface area contributed by atoms with Gasteiger partial charge >= 0.3 is 0 Å². The lowest BCUT2D eigenvalue weighted by atomic mass is 9.87. The van der Waals surface area contributed by atoms with Gasteiger partial charge in [0, 0.05) is 0 Å². The molecule has 3 aliphatic rings. The zero-order chi connectivity index (χ0) is 19.4. The van der Waals surface area contributed by atoms with Crippen LogP contribution >= 0.6 is 0 Å². The van der Waals surface area contributed by atoms with Crippen molar-refractivity contribution in [1.82, 2.24) is 14.7 Å². The van der Waals surface area contributed by atoms with E-state index in [0.717, 1.165) is 11.8 Å². The van der Waals surface area contributed by atoms with Gasteiger partial charge in [-0.2, -0.15) is 0 Å². The summed E-state index contributed by atoms with van der Waals surface area (Å²) in [6, 6.07) is 0. The molecule has 3 nitrogen and oxygen atoms in total. The molecule has 0 saturated carbocycles. The summed E-state index contributed by atoms with van der Waals surface area (Å²) >= 11 is 0. The van der Waals surface area contributed by atoms with Gasteiger partial charge in [0.05, 0.1) is 0 Å². The fourth-order valence-corrected chi connectivity index (χ4v) is 5.75. The average molecular weight is 392 g/mol. The Balaban J connectivity index is 1.12. The first-order valence-electron chi connectivity index (χ1n) is 12.9. The van der Waals surface area contributed by atoms with E-state index in [2.05, 4.69) is 21.7 Å². The fourth-order valence-electron chi connectivity index (χ4n) is 5.75. The van der Waals surface area contributed by atoms with E-state index in [1.807, 2.05) is 0 Å². The van der Waals surface area contributed by atoms with Crippen LogP contribution in [0.15, 0.2) is 0 Å². The van der Waals surface area contributed by atoms with E-state index in [1.165, 1.54) is 142 Å². The largest absolute Gasteiger partial charge is 0.306 e. The van der Waals surface area contributed by atoms with E-state index >= 15 is 0 Å². The number of likely N-dealkylation sites (tertiary alicyclic amines) is 3. The van der Waals surface area contributed by atoms with E-state index in [1.54, 1.807) is 0 Å². The van der Waals surface area contributed by atoms with Crippen LogP contribution in [0.3, 0.4) is 0 Å². The van der Waals surface area contributed by atoms with Gasteiger partial charge in [-0.15, -0.1) is 0 Å². The molecule has 0 N–H and O–H groups in total. The third-order valence-electron chi connectivity index (χ3n) is 7.92. The van der Waals surface area contributed by atoms with Crippen LogP contribution in [-0.2, 0) is 0 Å². The van der Waals surface area contributed by atoms with Crippen molar-refractivity contribution in [3.63, 3.8) is 0 Å². The molecule has 3 rings (SSSR count). The second-order valence-electron chi connectivity index (χ2n) is 10.3. The van der Waals surface area contributed by atoms with Gasteiger partial charge in [-0.3, -0.25) is 0 Å². The lowest BCUT2D eigenvalue weighted by molar-refractivity contribution is 0.168. The van der Waals surface area contributed by atoms with Gasteiger partial charge in [0.2, 0.25) is 0 Å². The third-order valence-corrected chi connectivity index (χ3v) is 7.92. The summed E-state index contributed by atoms with van der Waals surface area (Å²) in [5.74, 6) is 2.07. The molecule has 0 radical (unpaired) electrons. The van der Waals surface area contributed by atoms with E-state index in [0.29, 0.717) is 0 Å². The monoisotopic (exact) mass is 391 g/mol. The van der Waals surface area contributed by atoms with Gasteiger partial charge in [0.25, 0.3) is 0 Å². The van der Waals surface area contributed by atoms with Gasteiger partial charge in [-0.25, -0.2) is 0 Å². The van der Waals surface area contributed by atoms with Crippen LogP contribution in [0.2, 0.25) is 0 Å². The maximum atomic E-state index is 2.76. The molecule has 0 aromatic heterocycles. The van der Waals surface area contributed by atoms with Crippen molar-refractivity contribution >= 4 is 0 Å². The van der Waals surface area contributed by atoms with Crippen LogP contribution in [0.1, 0.15) is 89.9 Å². The molecule has 0 spiro atoms. The first-order valence-corrected chi connectivity index (χ1v) is 12.9. The third kappa shape index (κ3) is 8.71. The molecule has 0 aromatic rings. The molecule has 0 atom stereocenters. The van der Waals surface area contributed by atoms with Crippen LogP contribution < -0.4 is 0 Å². The van der Waals surface area contributed by atoms with Crippen LogP contribution in [0.5, 0.6) is 0 Å². The number of unbranched alkanes of at least 4 members (excludes halogenated alkanes) is 3. The van der Waals surface area contributed by atoms with Crippen molar-refractivity contribution in [2.24, 2.45) is 11.8 Å². The quantitative estimate of drug-likeness (QED) is 0.445. The number of piperidine rings is 3. The minimum atomic E-state index is 1.03. The molecular formula is C25H49N3. The van der Waals surface area contributed by atoms with Gasteiger partial charge in [-0.05, 0) is 123 Å². The lowest BCUT2D eigenvalue weighted by Crippen LogP contribution is -2.34. The molecule has 3 saturated heterocycles. The van der Waals surface area contributed by atoms with Gasteiger partial charge < -0.3 is 14.7 Å². The first-order chi connectivity index (χ1) is 13.8. The SMILES string of the molecule is CN1CCC(CCCC2CCN(CCCCCCN3CCCCC3)CC2)CC1. The highest BCUT2D eigenvalue weighted by Gasteiger charge is 2.20. The molecule has 0 aliphatic carbocycles. The van der Waals surface area contributed by atoms with Crippen LogP contribution in [0.4, 0.5) is 0 Å². The highest BCUT2D eigenvalue weighted by molar-refractivity contribution is 4.74. The van der Waals surface area contributed by atoms with Gasteiger partial charge in [0.1, 0.15) is 0 Å². The second kappa shape index (κ2) is 13.2. The molecule has 3 heterocycles. The Morgan fingerprint density at radius 3 is 1.61 bits per heavy atom. The van der Waals surface area contributed by atoms with E-state index in [4.69, 9.17) is 0 Å². The topological polar surface area (TPSA) is 9.72 Å². The molecule has 3 heteroatoms. The summed E-state index contributed by atoms with van der Waals surface area (Å²) in [5, 5.41) is 0. The number of hydrogen-bond acceptors (Lipinski definition) is 3. The van der Waals surface area contributed by atoms with Crippen molar-refractivity contribution in [2.75, 3.05) is 59.4 Å². The Bertz CT molecular complexity index is 377. The molecule has 0 amide bonds. The first kappa shape index (κ1) is 22.6. The van der Waals surface area contributed by atoms with Crippen molar-refractivity contribution in [3.05, 3.63) is 0 Å². The molecule has 0 bridgehead atoms. The second-order valence-corrected chi connectivity index (χ2v) is 10.3. The lowest BCUT2D eigenvalue weighted by Gasteiger charge is -2.33. The fraction of sp³-hybridized carbons (Fsp3) is 1.00. The zero-order valence-electron chi connectivity index (χ0n) is 19.1. The van der Waals surface area contributed by atoms with Gasteiger partial charge in [0.15, 0.2) is 0 Å². The summed E-state index contributed by atoms with van der Waals surface area (Å²) in [6.07, 6.45) is 20.5. The Labute approximate surface area is 176 Å². The van der Waals surface area contributed by atoms with E-state index < -0.39 is 0 Å². The predicted octanol–water partition coefficient (Wildman–Crippen LogP) is 5.26. The van der Waals surface area contributed by atoms with Crippen molar-refractivity contribution < 1.29 is 0 Å². The Hall–Kier alpha value is -0.120. The van der Waals surface area contributed by atoms with E-state index in [-0.39, 0.29) is 0 Å². The molecule has 0 aromatic carbocycles.